The summed E-state index contributed by atoms with van der Waals surface area (Å²) in [5.74, 6) is -1.92. The quantitative estimate of drug-likeness (QED) is 0.205. The fourth-order valence-corrected chi connectivity index (χ4v) is 3.49. The molecule has 28 heavy (non-hydrogen) atoms. The van der Waals surface area contributed by atoms with Crippen LogP contribution in [0.4, 0.5) is 0 Å². The summed E-state index contributed by atoms with van der Waals surface area (Å²) in [5.41, 5.74) is 5.25. The first-order chi connectivity index (χ1) is 12.6. The Morgan fingerprint density at radius 3 is 1.29 bits per heavy atom. The molecule has 6 heteroatoms. The maximum absolute atomic E-state index is 11.2. The normalized spacial score (nSPS) is 11.3. The van der Waals surface area contributed by atoms with E-state index in [0.717, 1.165) is 12.8 Å². The molecule has 0 aromatic heterocycles. The summed E-state index contributed by atoms with van der Waals surface area (Å²) >= 11 is 0. The number of hydrogen-bond acceptors (Lipinski definition) is 2. The van der Waals surface area contributed by atoms with Gasteiger partial charge in [-0.2, -0.15) is 0 Å². The molecule has 1 amide bonds. The van der Waals surface area contributed by atoms with E-state index in [1.807, 2.05) is 0 Å². The van der Waals surface area contributed by atoms with Gasteiger partial charge < -0.3 is 10.8 Å². The molecule has 4 nitrogen and oxygen atoms in total. The number of amides is 1. The Balaban J connectivity index is -0.00000312. The molecule has 1 atom stereocenters. The van der Waals surface area contributed by atoms with Crippen LogP contribution in [0.25, 0.3) is 0 Å². The van der Waals surface area contributed by atoms with Gasteiger partial charge in [-0.05, 0) is 6.42 Å². The Hall–Kier alpha value is 0.940. The number of carbonyl (C=O) groups is 2. The topological polar surface area (TPSA) is 80.4 Å². The third-order valence-electron chi connectivity index (χ3n) is 5.23. The molecule has 0 rings (SSSR count). The molecule has 0 bridgehead atoms. The standard InChI is InChI=1S/C22H43NO3.2Na/c1-2-3-4-5-6-7-8-9-10-11-12-13-14-15-16-17-18-20(22(23)26)19-21(24)25;;/h20H,2-19H2,1H3,(H2,23,26)(H,24,25);;. The molecule has 0 heterocycles. The summed E-state index contributed by atoms with van der Waals surface area (Å²) in [6, 6.07) is 0. The SMILES string of the molecule is CCCCCCCCCCCCCCCCCCC(CC(=O)O)C(N)=O.[Na].[Na]. The molecule has 0 aliphatic carbocycles. The van der Waals surface area contributed by atoms with Gasteiger partial charge in [-0.25, -0.2) is 0 Å². The first kappa shape index (κ1) is 33.6. The predicted octanol–water partition coefficient (Wildman–Crippen LogP) is 5.45. The number of primary amides is 1. The van der Waals surface area contributed by atoms with Gasteiger partial charge in [0.05, 0.1) is 6.42 Å². The van der Waals surface area contributed by atoms with Crippen LogP contribution < -0.4 is 5.73 Å². The van der Waals surface area contributed by atoms with Gasteiger partial charge in [0.2, 0.25) is 5.91 Å². The van der Waals surface area contributed by atoms with Crippen molar-refractivity contribution in [3.63, 3.8) is 0 Å². The molecule has 0 aliphatic rings. The molecular formula is C22H43NNa2O3. The van der Waals surface area contributed by atoms with E-state index in [4.69, 9.17) is 10.8 Å². The van der Waals surface area contributed by atoms with Crippen LogP contribution >= 0.6 is 0 Å². The number of hydrogen-bond donors (Lipinski definition) is 2. The van der Waals surface area contributed by atoms with Crippen LogP contribution in [0.3, 0.4) is 0 Å². The molecule has 0 aliphatic heterocycles. The number of rotatable bonds is 20. The van der Waals surface area contributed by atoms with Crippen molar-refractivity contribution in [3.8, 4) is 0 Å². The predicted molar refractivity (Wildman–Crippen MR) is 121 cm³/mol. The number of aliphatic carboxylic acids is 1. The van der Waals surface area contributed by atoms with E-state index < -0.39 is 17.8 Å². The van der Waals surface area contributed by atoms with Crippen molar-refractivity contribution in [2.75, 3.05) is 0 Å². The van der Waals surface area contributed by atoms with Gasteiger partial charge in [-0.1, -0.05) is 110 Å². The van der Waals surface area contributed by atoms with Gasteiger partial charge in [0.25, 0.3) is 0 Å². The zero-order chi connectivity index (χ0) is 19.5. The van der Waals surface area contributed by atoms with Crippen LogP contribution in [0, 0.1) is 5.92 Å². The van der Waals surface area contributed by atoms with Crippen molar-refractivity contribution in [2.24, 2.45) is 11.7 Å². The zero-order valence-corrected chi connectivity index (χ0v) is 23.1. The van der Waals surface area contributed by atoms with E-state index >= 15 is 0 Å². The van der Waals surface area contributed by atoms with Crippen molar-refractivity contribution >= 4 is 71.0 Å². The second-order valence-electron chi connectivity index (χ2n) is 7.79. The largest absolute Gasteiger partial charge is 0.481 e. The third-order valence-corrected chi connectivity index (χ3v) is 5.23. The van der Waals surface area contributed by atoms with Crippen LogP contribution in [0.1, 0.15) is 122 Å². The molecule has 0 saturated carbocycles. The van der Waals surface area contributed by atoms with Crippen LogP contribution in [0.15, 0.2) is 0 Å². The van der Waals surface area contributed by atoms with Crippen molar-refractivity contribution in [3.05, 3.63) is 0 Å². The Labute approximate surface area is 218 Å². The van der Waals surface area contributed by atoms with Crippen LogP contribution in [0.5, 0.6) is 0 Å². The molecule has 156 valence electrons. The van der Waals surface area contributed by atoms with Crippen molar-refractivity contribution < 1.29 is 14.7 Å². The van der Waals surface area contributed by atoms with Gasteiger partial charge in [0.15, 0.2) is 0 Å². The zero-order valence-electron chi connectivity index (χ0n) is 19.1. The molecule has 0 fully saturated rings. The van der Waals surface area contributed by atoms with E-state index in [1.165, 1.54) is 89.9 Å². The molecule has 0 saturated heterocycles. The van der Waals surface area contributed by atoms with E-state index in [0.29, 0.717) is 6.42 Å². The van der Waals surface area contributed by atoms with Crippen molar-refractivity contribution in [1.82, 2.24) is 0 Å². The van der Waals surface area contributed by atoms with Crippen LogP contribution in [0.2, 0.25) is 0 Å². The third kappa shape index (κ3) is 25.0. The van der Waals surface area contributed by atoms with Crippen molar-refractivity contribution in [2.45, 2.75) is 122 Å². The number of carboxylic acids is 1. The second-order valence-corrected chi connectivity index (χ2v) is 7.79. The van der Waals surface area contributed by atoms with Crippen LogP contribution in [-0.4, -0.2) is 76.1 Å². The first-order valence-electron chi connectivity index (χ1n) is 11.1. The van der Waals surface area contributed by atoms with Crippen molar-refractivity contribution in [1.29, 1.82) is 0 Å². The maximum atomic E-state index is 11.2. The Kier molecular flexibility index (Phi) is 31.1. The summed E-state index contributed by atoms with van der Waals surface area (Å²) in [6.45, 7) is 2.27. The minimum absolute atomic E-state index is 0. The number of unbranched alkanes of at least 4 members (excludes halogenated alkanes) is 15. The summed E-state index contributed by atoms with van der Waals surface area (Å²) in [5, 5.41) is 8.76. The monoisotopic (exact) mass is 415 g/mol. The Morgan fingerprint density at radius 1 is 0.679 bits per heavy atom. The van der Waals surface area contributed by atoms with Gasteiger partial charge in [-0.15, -0.1) is 0 Å². The van der Waals surface area contributed by atoms with Gasteiger partial charge in [0, 0.05) is 65.0 Å². The van der Waals surface area contributed by atoms with E-state index in [9.17, 15) is 9.59 Å². The molecule has 0 spiro atoms. The summed E-state index contributed by atoms with van der Waals surface area (Å²) in [4.78, 5) is 21.9. The molecular weight excluding hydrogens is 372 g/mol. The maximum Gasteiger partial charge on any atom is 0.304 e. The summed E-state index contributed by atoms with van der Waals surface area (Å²) in [7, 11) is 0. The Bertz CT molecular complexity index is 355. The van der Waals surface area contributed by atoms with E-state index in [2.05, 4.69) is 6.92 Å². The van der Waals surface area contributed by atoms with Gasteiger partial charge in [-0.3, -0.25) is 9.59 Å². The fourth-order valence-electron chi connectivity index (χ4n) is 3.49. The fraction of sp³-hybridized carbons (Fsp3) is 0.909. The molecule has 2 radical (unpaired) electrons. The molecule has 1 unspecified atom stereocenters. The van der Waals surface area contributed by atoms with Gasteiger partial charge in [0.1, 0.15) is 0 Å². The summed E-state index contributed by atoms with van der Waals surface area (Å²) < 4.78 is 0. The van der Waals surface area contributed by atoms with E-state index in [-0.39, 0.29) is 65.5 Å². The molecule has 0 aromatic carbocycles. The first-order valence-corrected chi connectivity index (χ1v) is 11.1. The number of carbonyl (C=O) groups excluding carboxylic acids is 1. The summed E-state index contributed by atoms with van der Waals surface area (Å²) in [6.07, 6.45) is 21.4. The number of nitrogens with two attached hydrogens (primary N) is 1. The molecule has 3 N–H and O–H groups in total. The average Bonchev–Trinajstić information content (AvgIpc) is 2.59. The minimum Gasteiger partial charge on any atom is -0.481 e. The Morgan fingerprint density at radius 2 is 1.00 bits per heavy atom. The van der Waals surface area contributed by atoms with E-state index in [1.54, 1.807) is 0 Å². The minimum atomic E-state index is -0.940. The second kappa shape index (κ2) is 26.0. The smallest absolute Gasteiger partial charge is 0.304 e. The number of carboxylic acid groups (broad SMARTS) is 1. The van der Waals surface area contributed by atoms with Gasteiger partial charge >= 0.3 is 5.97 Å². The average molecular weight is 416 g/mol. The molecule has 0 aromatic rings. The van der Waals surface area contributed by atoms with Crippen LogP contribution in [-0.2, 0) is 9.59 Å².